The summed E-state index contributed by atoms with van der Waals surface area (Å²) in [5.41, 5.74) is 0. The Morgan fingerprint density at radius 3 is 2.29 bits per heavy atom. The maximum atomic E-state index is 11.2. The Kier molecular flexibility index (Phi) is 10.2. The summed E-state index contributed by atoms with van der Waals surface area (Å²) < 4.78 is 10.6. The Bertz CT molecular complexity index is 193. The van der Waals surface area contributed by atoms with Crippen molar-refractivity contribution in [1.29, 1.82) is 0 Å². The van der Waals surface area contributed by atoms with Crippen LogP contribution in [0.2, 0.25) is 0 Å². The summed E-state index contributed by atoms with van der Waals surface area (Å²) in [6, 6.07) is 0.165. The van der Waals surface area contributed by atoms with E-state index >= 15 is 0 Å². The molecule has 0 unspecified atom stereocenters. The molecule has 0 rings (SSSR count). The van der Waals surface area contributed by atoms with Crippen molar-refractivity contribution >= 4 is 5.91 Å². The van der Waals surface area contributed by atoms with Gasteiger partial charge in [0.05, 0.1) is 13.2 Å². The van der Waals surface area contributed by atoms with Gasteiger partial charge in [0, 0.05) is 12.6 Å². The molecule has 0 spiro atoms. The van der Waals surface area contributed by atoms with Gasteiger partial charge in [0.25, 0.3) is 0 Å². The van der Waals surface area contributed by atoms with Gasteiger partial charge in [0.2, 0.25) is 5.91 Å². The minimum absolute atomic E-state index is 0.0696. The van der Waals surface area contributed by atoms with E-state index in [0.29, 0.717) is 13.2 Å². The van der Waals surface area contributed by atoms with Crippen LogP contribution in [0.3, 0.4) is 0 Å². The summed E-state index contributed by atoms with van der Waals surface area (Å²) in [5.74, 6) is 0.661. The summed E-state index contributed by atoms with van der Waals surface area (Å²) in [6.45, 7) is 10.2. The van der Waals surface area contributed by atoms with Crippen molar-refractivity contribution in [2.24, 2.45) is 5.92 Å². The largest absolute Gasteiger partial charge is 0.379 e. The maximum Gasteiger partial charge on any atom is 0.246 e. The molecule has 0 saturated carbocycles. The van der Waals surface area contributed by atoms with Gasteiger partial charge in [-0.1, -0.05) is 13.8 Å². The lowest BCUT2D eigenvalue weighted by Gasteiger charge is -2.09. The molecule has 0 aliphatic carbocycles. The minimum Gasteiger partial charge on any atom is -0.379 e. The number of amides is 1. The van der Waals surface area contributed by atoms with Gasteiger partial charge in [0.1, 0.15) is 6.61 Å². The SMILES string of the molecule is CC(C)CCCOCCOCC(=O)NC(C)C. The van der Waals surface area contributed by atoms with Crippen molar-refractivity contribution in [2.75, 3.05) is 26.4 Å². The highest BCUT2D eigenvalue weighted by atomic mass is 16.5. The maximum absolute atomic E-state index is 11.2. The third kappa shape index (κ3) is 13.3. The molecule has 17 heavy (non-hydrogen) atoms. The van der Waals surface area contributed by atoms with Gasteiger partial charge < -0.3 is 14.8 Å². The monoisotopic (exact) mass is 245 g/mol. The van der Waals surface area contributed by atoms with Gasteiger partial charge in [-0.2, -0.15) is 0 Å². The molecule has 4 heteroatoms. The van der Waals surface area contributed by atoms with Crippen LogP contribution in [0.4, 0.5) is 0 Å². The lowest BCUT2D eigenvalue weighted by molar-refractivity contribution is -0.126. The van der Waals surface area contributed by atoms with E-state index in [9.17, 15) is 4.79 Å². The van der Waals surface area contributed by atoms with E-state index in [4.69, 9.17) is 9.47 Å². The first-order valence-electron chi connectivity index (χ1n) is 6.47. The van der Waals surface area contributed by atoms with E-state index in [1.165, 1.54) is 6.42 Å². The quantitative estimate of drug-likeness (QED) is 0.599. The van der Waals surface area contributed by atoms with Gasteiger partial charge in [-0.15, -0.1) is 0 Å². The number of carbonyl (C=O) groups excluding carboxylic acids is 1. The van der Waals surface area contributed by atoms with Crippen LogP contribution in [0.5, 0.6) is 0 Å². The number of nitrogens with one attached hydrogen (secondary N) is 1. The van der Waals surface area contributed by atoms with Gasteiger partial charge in [-0.25, -0.2) is 0 Å². The summed E-state index contributed by atoms with van der Waals surface area (Å²) in [4.78, 5) is 11.2. The molecule has 0 fully saturated rings. The standard InChI is InChI=1S/C13H27NO3/c1-11(2)6-5-7-16-8-9-17-10-13(15)14-12(3)4/h11-12H,5-10H2,1-4H3,(H,14,15). The second kappa shape index (κ2) is 10.5. The number of ether oxygens (including phenoxy) is 2. The predicted octanol–water partition coefficient (Wildman–Crippen LogP) is 1.98. The average Bonchev–Trinajstić information content (AvgIpc) is 2.20. The Balaban J connectivity index is 3.16. The van der Waals surface area contributed by atoms with E-state index in [-0.39, 0.29) is 18.6 Å². The number of hydrogen-bond donors (Lipinski definition) is 1. The van der Waals surface area contributed by atoms with E-state index in [1.807, 2.05) is 13.8 Å². The van der Waals surface area contributed by atoms with Crippen LogP contribution in [0.25, 0.3) is 0 Å². The van der Waals surface area contributed by atoms with Crippen molar-refractivity contribution < 1.29 is 14.3 Å². The zero-order chi connectivity index (χ0) is 13.1. The summed E-state index contributed by atoms with van der Waals surface area (Å²) >= 11 is 0. The van der Waals surface area contributed by atoms with Crippen molar-refractivity contribution in [3.8, 4) is 0 Å². The summed E-state index contributed by atoms with van der Waals surface area (Å²) in [7, 11) is 0. The highest BCUT2D eigenvalue weighted by Crippen LogP contribution is 2.02. The van der Waals surface area contributed by atoms with Gasteiger partial charge in [-0.05, 0) is 32.6 Å². The summed E-state index contributed by atoms with van der Waals surface area (Å²) in [6.07, 6.45) is 2.28. The normalized spacial score (nSPS) is 11.2. The number of carbonyl (C=O) groups is 1. The van der Waals surface area contributed by atoms with Crippen LogP contribution in [0, 0.1) is 5.92 Å². The first-order chi connectivity index (χ1) is 8.02. The first-order valence-corrected chi connectivity index (χ1v) is 6.47. The Hall–Kier alpha value is -0.610. The zero-order valence-electron chi connectivity index (χ0n) is 11.6. The van der Waals surface area contributed by atoms with E-state index in [2.05, 4.69) is 19.2 Å². The fraction of sp³-hybridized carbons (Fsp3) is 0.923. The molecule has 0 aromatic carbocycles. The van der Waals surface area contributed by atoms with Crippen LogP contribution < -0.4 is 5.32 Å². The zero-order valence-corrected chi connectivity index (χ0v) is 11.6. The van der Waals surface area contributed by atoms with Gasteiger partial charge >= 0.3 is 0 Å². The lowest BCUT2D eigenvalue weighted by atomic mass is 10.1. The molecule has 1 amide bonds. The number of hydrogen-bond acceptors (Lipinski definition) is 3. The Labute approximate surface area is 105 Å². The molecule has 0 saturated heterocycles. The average molecular weight is 245 g/mol. The minimum atomic E-state index is -0.0696. The highest BCUT2D eigenvalue weighted by Gasteiger charge is 2.02. The molecule has 102 valence electrons. The first kappa shape index (κ1) is 16.4. The van der Waals surface area contributed by atoms with E-state index in [0.717, 1.165) is 18.9 Å². The van der Waals surface area contributed by atoms with Crippen LogP contribution in [-0.4, -0.2) is 38.4 Å². The van der Waals surface area contributed by atoms with Crippen molar-refractivity contribution in [3.05, 3.63) is 0 Å². The molecule has 0 radical (unpaired) electrons. The van der Waals surface area contributed by atoms with Crippen molar-refractivity contribution in [2.45, 2.75) is 46.6 Å². The van der Waals surface area contributed by atoms with Gasteiger partial charge in [0.15, 0.2) is 0 Å². The molecule has 4 nitrogen and oxygen atoms in total. The molecule has 0 aromatic heterocycles. The molecular formula is C13H27NO3. The van der Waals surface area contributed by atoms with E-state index < -0.39 is 0 Å². The van der Waals surface area contributed by atoms with Crippen LogP contribution >= 0.6 is 0 Å². The molecule has 0 aliphatic heterocycles. The Morgan fingerprint density at radius 2 is 1.71 bits per heavy atom. The predicted molar refractivity (Wildman–Crippen MR) is 69.0 cm³/mol. The molecule has 0 aromatic rings. The molecule has 0 bridgehead atoms. The third-order valence-electron chi connectivity index (χ3n) is 2.12. The van der Waals surface area contributed by atoms with Crippen LogP contribution in [-0.2, 0) is 14.3 Å². The fourth-order valence-corrected chi connectivity index (χ4v) is 1.34. The molecule has 1 N–H and O–H groups in total. The highest BCUT2D eigenvalue weighted by molar-refractivity contribution is 5.77. The molecule has 0 atom stereocenters. The molecule has 0 heterocycles. The smallest absolute Gasteiger partial charge is 0.246 e. The van der Waals surface area contributed by atoms with Gasteiger partial charge in [-0.3, -0.25) is 4.79 Å². The van der Waals surface area contributed by atoms with Crippen LogP contribution in [0.1, 0.15) is 40.5 Å². The fourth-order valence-electron chi connectivity index (χ4n) is 1.34. The molecule has 0 aliphatic rings. The van der Waals surface area contributed by atoms with Crippen molar-refractivity contribution in [3.63, 3.8) is 0 Å². The Morgan fingerprint density at radius 1 is 1.06 bits per heavy atom. The second-order valence-corrected chi connectivity index (χ2v) is 4.92. The summed E-state index contributed by atoms with van der Waals surface area (Å²) in [5, 5.41) is 2.76. The number of rotatable bonds is 10. The van der Waals surface area contributed by atoms with E-state index in [1.54, 1.807) is 0 Å². The lowest BCUT2D eigenvalue weighted by Crippen LogP contribution is -2.33. The van der Waals surface area contributed by atoms with Crippen LogP contribution in [0.15, 0.2) is 0 Å². The molecular weight excluding hydrogens is 218 g/mol. The third-order valence-corrected chi connectivity index (χ3v) is 2.12. The second-order valence-electron chi connectivity index (χ2n) is 4.92. The topological polar surface area (TPSA) is 47.6 Å². The van der Waals surface area contributed by atoms with Crippen molar-refractivity contribution in [1.82, 2.24) is 5.32 Å².